The first-order chi connectivity index (χ1) is 18.0. The summed E-state index contributed by atoms with van der Waals surface area (Å²) in [6, 6.07) is 5.20. The van der Waals surface area contributed by atoms with Crippen LogP contribution >= 0.6 is 11.3 Å². The smallest absolute Gasteiger partial charge is 0.277 e. The predicted octanol–water partition coefficient (Wildman–Crippen LogP) is 3.35. The van der Waals surface area contributed by atoms with E-state index in [1.165, 1.54) is 17.6 Å². The van der Waals surface area contributed by atoms with Gasteiger partial charge >= 0.3 is 0 Å². The molecule has 4 aromatic rings. The number of nitrogens with two attached hydrogens (primary N) is 1. The van der Waals surface area contributed by atoms with Crippen molar-refractivity contribution in [3.8, 4) is 11.5 Å². The quantitative estimate of drug-likeness (QED) is 0.400. The van der Waals surface area contributed by atoms with Crippen LogP contribution in [-0.4, -0.2) is 71.4 Å². The molecule has 0 atom stereocenters. The number of carbonyl (C=O) groups is 1. The Labute approximate surface area is 215 Å². The molecule has 0 aromatic carbocycles. The molecule has 2 aliphatic heterocycles. The maximum atomic E-state index is 13.9. The Kier molecular flexibility index (Phi) is 6.30. The minimum absolute atomic E-state index is 0.109. The topological polar surface area (TPSA) is 136 Å². The van der Waals surface area contributed by atoms with Crippen molar-refractivity contribution in [2.45, 2.75) is 19.0 Å². The van der Waals surface area contributed by atoms with Crippen molar-refractivity contribution in [3.05, 3.63) is 36.4 Å². The summed E-state index contributed by atoms with van der Waals surface area (Å²) in [7, 11) is 0. The molecule has 2 aliphatic rings. The molecule has 6 rings (SSSR count). The number of halogens is 1. The van der Waals surface area contributed by atoms with Gasteiger partial charge in [-0.15, -0.1) is 0 Å². The van der Waals surface area contributed by atoms with E-state index in [0.717, 1.165) is 22.9 Å². The molecular formula is C24H25FN8O3S. The first-order valence-corrected chi connectivity index (χ1v) is 12.9. The van der Waals surface area contributed by atoms with Crippen LogP contribution in [0.4, 0.5) is 26.8 Å². The van der Waals surface area contributed by atoms with Crippen molar-refractivity contribution >= 4 is 50.0 Å². The van der Waals surface area contributed by atoms with Gasteiger partial charge in [0.2, 0.25) is 5.89 Å². The predicted molar refractivity (Wildman–Crippen MR) is 139 cm³/mol. The second-order valence-electron chi connectivity index (χ2n) is 8.90. The number of morpholine rings is 1. The largest absolute Gasteiger partial charge is 0.444 e. The fourth-order valence-electron chi connectivity index (χ4n) is 4.40. The van der Waals surface area contributed by atoms with Crippen molar-refractivity contribution in [1.82, 2.24) is 19.9 Å². The van der Waals surface area contributed by atoms with E-state index in [-0.39, 0.29) is 11.6 Å². The normalized spacial score (nSPS) is 16.9. The van der Waals surface area contributed by atoms with Gasteiger partial charge in [0.1, 0.15) is 18.3 Å². The lowest BCUT2D eigenvalue weighted by Gasteiger charge is -2.30. The van der Waals surface area contributed by atoms with E-state index in [0.29, 0.717) is 67.7 Å². The molecule has 4 aromatic heterocycles. The molecule has 37 heavy (non-hydrogen) atoms. The van der Waals surface area contributed by atoms with Gasteiger partial charge in [0.25, 0.3) is 5.91 Å². The number of alkyl halides is 1. The Morgan fingerprint density at radius 1 is 1.11 bits per heavy atom. The van der Waals surface area contributed by atoms with E-state index < -0.39 is 12.1 Å². The zero-order valence-electron chi connectivity index (χ0n) is 19.9. The number of hydrogen-bond donors (Lipinski definition) is 2. The van der Waals surface area contributed by atoms with Crippen molar-refractivity contribution in [3.63, 3.8) is 0 Å². The number of pyridine rings is 2. The number of oxazole rings is 1. The van der Waals surface area contributed by atoms with Gasteiger partial charge in [-0.3, -0.25) is 4.79 Å². The molecular weight excluding hydrogens is 499 g/mol. The highest BCUT2D eigenvalue weighted by Crippen LogP contribution is 2.36. The number of fused-ring (bicyclic) bond motifs is 1. The Morgan fingerprint density at radius 3 is 2.70 bits per heavy atom. The molecule has 6 heterocycles. The lowest BCUT2D eigenvalue weighted by Crippen LogP contribution is -2.36. The summed E-state index contributed by atoms with van der Waals surface area (Å²) >= 11 is 1.51. The number of ether oxygens (including phenoxy) is 1. The zero-order valence-corrected chi connectivity index (χ0v) is 20.7. The van der Waals surface area contributed by atoms with Crippen LogP contribution in [0.25, 0.3) is 21.8 Å². The molecule has 1 amide bonds. The first kappa shape index (κ1) is 23.6. The number of aromatic nitrogens is 4. The molecule has 2 fully saturated rings. The molecule has 0 spiro atoms. The van der Waals surface area contributed by atoms with Gasteiger partial charge in [-0.1, -0.05) is 11.3 Å². The summed E-state index contributed by atoms with van der Waals surface area (Å²) in [4.78, 5) is 35.2. The minimum Gasteiger partial charge on any atom is -0.444 e. The average molecular weight is 525 g/mol. The van der Waals surface area contributed by atoms with Crippen LogP contribution in [0.5, 0.6) is 0 Å². The van der Waals surface area contributed by atoms with Crippen LogP contribution in [0.15, 0.2) is 35.1 Å². The highest BCUT2D eigenvalue weighted by molar-refractivity contribution is 7.22. The molecule has 3 N–H and O–H groups in total. The maximum absolute atomic E-state index is 13.9. The number of amides is 1. The van der Waals surface area contributed by atoms with E-state index in [9.17, 15) is 9.18 Å². The number of rotatable bonds is 5. The second kappa shape index (κ2) is 9.90. The molecule has 0 saturated carbocycles. The number of hydrogen-bond acceptors (Lipinski definition) is 11. The van der Waals surface area contributed by atoms with Crippen LogP contribution in [0.3, 0.4) is 0 Å². The summed E-state index contributed by atoms with van der Waals surface area (Å²) in [5, 5.41) is 3.80. The van der Waals surface area contributed by atoms with Gasteiger partial charge in [-0.05, 0) is 31.0 Å². The third kappa shape index (κ3) is 4.91. The van der Waals surface area contributed by atoms with Gasteiger partial charge in [0.15, 0.2) is 22.3 Å². The van der Waals surface area contributed by atoms with Crippen LogP contribution in [-0.2, 0) is 4.74 Å². The van der Waals surface area contributed by atoms with Crippen LogP contribution in [0.2, 0.25) is 0 Å². The zero-order chi connectivity index (χ0) is 25.4. The van der Waals surface area contributed by atoms with Gasteiger partial charge < -0.3 is 30.0 Å². The number of thiazole rings is 1. The fraction of sp³-hybridized carbons (Fsp3) is 0.375. The first-order valence-electron chi connectivity index (χ1n) is 12.1. The van der Waals surface area contributed by atoms with E-state index >= 15 is 0 Å². The molecule has 0 radical (unpaired) electrons. The standard InChI is InChI=1S/C24H25FN8O3S/c25-15-2-5-32(6-3-15)21-16(12-18-20(30-21)31-24(37-18)33-7-9-35-10-8-33)28-22(34)17-13-36-23(29-17)14-1-4-27-19(26)11-14/h1,4,11-13,15H,2-3,5-10H2,(H2,26,27)(H,28,34). The molecule has 192 valence electrons. The molecule has 11 nitrogen and oxygen atoms in total. The summed E-state index contributed by atoms with van der Waals surface area (Å²) < 4.78 is 25.7. The lowest BCUT2D eigenvalue weighted by molar-refractivity contribution is 0.102. The molecule has 0 aliphatic carbocycles. The number of piperidine rings is 1. The number of carbonyl (C=O) groups excluding carboxylic acids is 1. The van der Waals surface area contributed by atoms with Crippen molar-refractivity contribution in [2.75, 3.05) is 60.2 Å². The van der Waals surface area contributed by atoms with Crippen molar-refractivity contribution < 1.29 is 18.3 Å². The summed E-state index contributed by atoms with van der Waals surface area (Å²) in [5.41, 5.74) is 7.59. The summed E-state index contributed by atoms with van der Waals surface area (Å²) in [5.74, 6) is 0.703. The molecule has 0 unspecified atom stereocenters. The Bertz CT molecular complexity index is 1430. The van der Waals surface area contributed by atoms with Gasteiger partial charge in [0.05, 0.1) is 23.6 Å². The van der Waals surface area contributed by atoms with Crippen LogP contribution in [0, 0.1) is 0 Å². The molecule has 0 bridgehead atoms. The van der Waals surface area contributed by atoms with Crippen LogP contribution in [0.1, 0.15) is 23.3 Å². The third-order valence-corrected chi connectivity index (χ3v) is 7.42. The molecule has 13 heteroatoms. The molecule has 2 saturated heterocycles. The number of anilines is 4. The maximum Gasteiger partial charge on any atom is 0.277 e. The average Bonchev–Trinajstić information content (AvgIpc) is 3.57. The highest BCUT2D eigenvalue weighted by atomic mass is 32.1. The van der Waals surface area contributed by atoms with Gasteiger partial charge in [-0.2, -0.15) is 4.98 Å². The number of nitrogens with one attached hydrogen (secondary N) is 1. The second-order valence-corrected chi connectivity index (χ2v) is 9.91. The SMILES string of the molecule is Nc1cc(-c2nc(C(=O)Nc3cc4sc(N5CCOCC5)nc4nc3N3CCC(F)CC3)co2)ccn1. The van der Waals surface area contributed by atoms with Gasteiger partial charge in [-0.25, -0.2) is 19.3 Å². The monoisotopic (exact) mass is 524 g/mol. The van der Waals surface area contributed by atoms with E-state index in [2.05, 4.69) is 20.2 Å². The van der Waals surface area contributed by atoms with E-state index in [1.54, 1.807) is 18.3 Å². The van der Waals surface area contributed by atoms with Crippen molar-refractivity contribution in [2.24, 2.45) is 0 Å². The van der Waals surface area contributed by atoms with Gasteiger partial charge in [0, 0.05) is 37.9 Å². The Hall–Kier alpha value is -3.84. The Morgan fingerprint density at radius 2 is 1.92 bits per heavy atom. The third-order valence-electron chi connectivity index (χ3n) is 6.37. The summed E-state index contributed by atoms with van der Waals surface area (Å²) in [6.45, 7) is 3.83. The Balaban J connectivity index is 1.31. The highest BCUT2D eigenvalue weighted by Gasteiger charge is 2.25. The van der Waals surface area contributed by atoms with E-state index in [1.807, 2.05) is 11.0 Å². The number of nitrogens with zero attached hydrogens (tertiary/aromatic N) is 6. The fourth-order valence-corrected chi connectivity index (χ4v) is 5.40. The van der Waals surface area contributed by atoms with E-state index in [4.69, 9.17) is 24.9 Å². The van der Waals surface area contributed by atoms with Crippen molar-refractivity contribution in [1.29, 1.82) is 0 Å². The number of nitrogen functional groups attached to an aromatic ring is 1. The lowest BCUT2D eigenvalue weighted by atomic mass is 10.1. The van der Waals surface area contributed by atoms with Crippen LogP contribution < -0.4 is 20.9 Å². The minimum atomic E-state index is -0.832. The summed E-state index contributed by atoms with van der Waals surface area (Å²) in [6.07, 6.45) is 2.82.